The highest BCUT2D eigenvalue weighted by molar-refractivity contribution is 7.91. The fraction of sp³-hybridized carbons (Fsp3) is 0.595. The van der Waals surface area contributed by atoms with Gasteiger partial charge in [-0.2, -0.15) is 0 Å². The molecule has 3 fully saturated rings. The van der Waals surface area contributed by atoms with Crippen molar-refractivity contribution in [2.45, 2.75) is 101 Å². The Morgan fingerprint density at radius 2 is 1.91 bits per heavy atom. The molecule has 0 bridgehead atoms. The number of hydrogen-bond donors (Lipinski definition) is 4. The average molecular weight is 756 g/mol. The second-order valence-corrected chi connectivity index (χ2v) is 16.6. The number of fused-ring (bicyclic) bond motifs is 3. The number of carboxylic acid groups (broad SMARTS) is 1. The van der Waals surface area contributed by atoms with E-state index in [-0.39, 0.29) is 37.1 Å². The number of nitrogens with zero attached hydrogens (tertiary/aromatic N) is 2. The lowest BCUT2D eigenvalue weighted by Gasteiger charge is -2.33. The maximum Gasteiger partial charge on any atom is 0.405 e. The minimum atomic E-state index is -3.91. The summed E-state index contributed by atoms with van der Waals surface area (Å²) in [5, 5.41) is 15.8. The third kappa shape index (κ3) is 8.16. The Labute approximate surface area is 309 Å². The van der Waals surface area contributed by atoms with Crippen LogP contribution in [-0.4, -0.2) is 96.5 Å². The van der Waals surface area contributed by atoms with E-state index in [4.69, 9.17) is 14.2 Å². The van der Waals surface area contributed by atoms with Gasteiger partial charge in [-0.3, -0.25) is 19.1 Å². The van der Waals surface area contributed by atoms with Crippen LogP contribution in [0.25, 0.3) is 10.8 Å². The Morgan fingerprint density at radius 1 is 1.13 bits per heavy atom. The molecule has 2 saturated carbocycles. The highest BCUT2D eigenvalue weighted by atomic mass is 32.2. The third-order valence-electron chi connectivity index (χ3n) is 10.9. The van der Waals surface area contributed by atoms with Crippen molar-refractivity contribution in [3.05, 3.63) is 36.5 Å². The molecule has 1 aromatic heterocycles. The monoisotopic (exact) mass is 755 g/mol. The van der Waals surface area contributed by atoms with Gasteiger partial charge in [-0.05, 0) is 75.5 Å². The van der Waals surface area contributed by atoms with E-state index in [1.54, 1.807) is 25.3 Å². The number of nitrogens with one attached hydrogen (secondary N) is 3. The third-order valence-corrected chi connectivity index (χ3v) is 12.7. The topological polar surface area (TPSA) is 203 Å². The zero-order valence-corrected chi connectivity index (χ0v) is 31.3. The van der Waals surface area contributed by atoms with Crippen molar-refractivity contribution in [1.82, 2.24) is 25.2 Å². The van der Waals surface area contributed by atoms with E-state index in [0.717, 1.165) is 6.42 Å². The Hall–Kier alpha value is -4.60. The Morgan fingerprint density at radius 3 is 2.58 bits per heavy atom. The van der Waals surface area contributed by atoms with E-state index < -0.39 is 68.7 Å². The van der Waals surface area contributed by atoms with Gasteiger partial charge in [0.1, 0.15) is 35.2 Å². The summed E-state index contributed by atoms with van der Waals surface area (Å²) in [5.74, 6) is -1.41. The first-order chi connectivity index (χ1) is 25.3. The van der Waals surface area contributed by atoms with E-state index in [0.29, 0.717) is 61.0 Å². The molecular weight excluding hydrogens is 706 g/mol. The van der Waals surface area contributed by atoms with Gasteiger partial charge in [-0.25, -0.2) is 18.2 Å². The SMILES string of the molecule is CCOc1cnc(O[C@@H]2C[C@H]3C(=O)N[C@]4(C(=O)NS(=O)(=O)C5CC5)CC4/C=C\CC[C@@H](C)C[C@@H](CC)[C@H](NC(=O)O)C(=O)N3C2)c2ccc(OC)cc12. The minimum Gasteiger partial charge on any atom is -0.497 e. The number of ether oxygens (including phenoxy) is 3. The molecule has 4 amide bonds. The Bertz CT molecular complexity index is 1880. The van der Waals surface area contributed by atoms with Crippen LogP contribution in [0.3, 0.4) is 0 Å². The van der Waals surface area contributed by atoms with Gasteiger partial charge in [0.25, 0.3) is 5.91 Å². The zero-order chi connectivity index (χ0) is 38.1. The van der Waals surface area contributed by atoms with Crippen LogP contribution in [-0.2, 0) is 24.4 Å². The lowest BCUT2D eigenvalue weighted by molar-refractivity contribution is -0.142. The number of hydrogen-bond acceptors (Lipinski definition) is 10. The maximum atomic E-state index is 14.5. The van der Waals surface area contributed by atoms with Gasteiger partial charge in [-0.1, -0.05) is 32.4 Å². The highest BCUT2D eigenvalue weighted by Crippen LogP contribution is 2.46. The van der Waals surface area contributed by atoms with Crippen LogP contribution in [0.15, 0.2) is 36.5 Å². The molecule has 16 heteroatoms. The van der Waals surface area contributed by atoms with Crippen LogP contribution >= 0.6 is 0 Å². The summed E-state index contributed by atoms with van der Waals surface area (Å²) in [6.45, 7) is 6.13. The number of amides is 4. The fourth-order valence-electron chi connectivity index (χ4n) is 7.67. The molecule has 15 nitrogen and oxygen atoms in total. The lowest BCUT2D eigenvalue weighted by atomic mass is 9.85. The molecule has 2 aliphatic carbocycles. The number of pyridine rings is 1. The predicted molar refractivity (Wildman–Crippen MR) is 194 cm³/mol. The first kappa shape index (κ1) is 38.1. The summed E-state index contributed by atoms with van der Waals surface area (Å²) < 4.78 is 45.5. The van der Waals surface area contributed by atoms with E-state index in [1.807, 2.05) is 32.9 Å². The van der Waals surface area contributed by atoms with Gasteiger partial charge in [0.05, 0.1) is 31.7 Å². The van der Waals surface area contributed by atoms with Gasteiger partial charge in [-0.15, -0.1) is 0 Å². The largest absolute Gasteiger partial charge is 0.497 e. The quantitative estimate of drug-likeness (QED) is 0.259. The number of methoxy groups -OCH3 is 1. The molecule has 4 N–H and O–H groups in total. The van der Waals surface area contributed by atoms with Gasteiger partial charge in [0.2, 0.25) is 27.7 Å². The Kier molecular flexibility index (Phi) is 11.1. The number of benzene rings is 1. The molecule has 53 heavy (non-hydrogen) atoms. The normalized spacial score (nSPS) is 29.8. The van der Waals surface area contributed by atoms with Crippen molar-refractivity contribution < 1.29 is 46.9 Å². The van der Waals surface area contributed by atoms with Crippen LogP contribution in [0, 0.1) is 17.8 Å². The highest BCUT2D eigenvalue weighted by Gasteiger charge is 2.62. The van der Waals surface area contributed by atoms with Crippen molar-refractivity contribution in [2.24, 2.45) is 17.8 Å². The molecule has 2 aromatic rings. The number of rotatable bonds is 10. The fourth-order valence-corrected chi connectivity index (χ4v) is 9.03. The van der Waals surface area contributed by atoms with Gasteiger partial charge < -0.3 is 34.9 Å². The standard InChI is InChI=1S/C37H49N5O10S/c1-5-22-15-21(3)9-7-8-10-23-18-37(23,35(45)41-53(48,49)26-12-13-26)40-32(43)29-17-25(20-42(29)34(44)31(22)39-36(46)47)52-33-27-14-11-24(50-4)16-28(27)30(19-38-33)51-6-2/h8,10-11,14,16,19,21-23,25-26,29,31,39H,5-7,9,12-13,15,17-18,20H2,1-4H3,(H,40,43)(H,41,45)(H,46,47)/b10-8-/t21-,22-,23?,25-,29+,31+,37-/m1/s1. The van der Waals surface area contributed by atoms with E-state index >= 15 is 0 Å². The van der Waals surface area contributed by atoms with Crippen molar-refractivity contribution in [3.63, 3.8) is 0 Å². The van der Waals surface area contributed by atoms with Crippen LogP contribution in [0.2, 0.25) is 0 Å². The summed E-state index contributed by atoms with van der Waals surface area (Å²) in [5.41, 5.74) is -1.54. The van der Waals surface area contributed by atoms with Crippen LogP contribution in [0.5, 0.6) is 17.4 Å². The lowest BCUT2D eigenvalue weighted by Crippen LogP contribution is -2.59. The van der Waals surface area contributed by atoms with Crippen LogP contribution in [0.4, 0.5) is 4.79 Å². The van der Waals surface area contributed by atoms with Crippen molar-refractivity contribution in [2.75, 3.05) is 20.3 Å². The molecule has 1 saturated heterocycles. The number of carbonyl (C=O) groups is 4. The average Bonchev–Trinajstić information content (AvgIpc) is 4.05. The molecular formula is C37H49N5O10S. The molecule has 3 heterocycles. The molecule has 288 valence electrons. The van der Waals surface area contributed by atoms with E-state index in [1.165, 1.54) is 11.1 Å². The number of carbonyl (C=O) groups excluding carboxylic acids is 3. The second kappa shape index (κ2) is 15.4. The second-order valence-electron chi connectivity index (χ2n) is 14.6. The van der Waals surface area contributed by atoms with Gasteiger partial charge in [0, 0.05) is 23.1 Å². The number of sulfonamides is 1. The van der Waals surface area contributed by atoms with Gasteiger partial charge >= 0.3 is 6.09 Å². The Balaban J connectivity index is 1.36. The van der Waals surface area contributed by atoms with Crippen LogP contribution < -0.4 is 29.6 Å². The molecule has 7 atom stereocenters. The molecule has 0 spiro atoms. The zero-order valence-electron chi connectivity index (χ0n) is 30.5. The number of allylic oxidation sites excluding steroid dienone is 1. The molecule has 1 unspecified atom stereocenters. The maximum absolute atomic E-state index is 14.5. The minimum absolute atomic E-state index is 0.00429. The summed E-state index contributed by atoms with van der Waals surface area (Å²) in [6, 6.07) is 3.01. The molecule has 0 radical (unpaired) electrons. The van der Waals surface area contributed by atoms with Crippen molar-refractivity contribution in [3.8, 4) is 17.4 Å². The smallest absolute Gasteiger partial charge is 0.405 e. The molecule has 4 aliphatic rings. The van der Waals surface area contributed by atoms with Crippen LogP contribution in [0.1, 0.15) is 72.1 Å². The van der Waals surface area contributed by atoms with E-state index in [2.05, 4.69) is 20.3 Å². The van der Waals surface area contributed by atoms with Gasteiger partial charge in [0.15, 0.2) is 0 Å². The van der Waals surface area contributed by atoms with Crippen molar-refractivity contribution >= 4 is 44.6 Å². The van der Waals surface area contributed by atoms with Crippen molar-refractivity contribution in [1.29, 1.82) is 0 Å². The summed E-state index contributed by atoms with van der Waals surface area (Å²) in [7, 11) is -2.36. The molecule has 6 rings (SSSR count). The van der Waals surface area contributed by atoms with E-state index in [9.17, 15) is 32.7 Å². The predicted octanol–water partition coefficient (Wildman–Crippen LogP) is 3.51. The summed E-state index contributed by atoms with van der Waals surface area (Å²) in [4.78, 5) is 60.6. The summed E-state index contributed by atoms with van der Waals surface area (Å²) in [6.07, 6.45) is 6.76. The first-order valence-electron chi connectivity index (χ1n) is 18.4. The molecule has 2 aliphatic heterocycles. The first-order valence-corrected chi connectivity index (χ1v) is 20.0. The number of aromatic nitrogens is 1. The molecule has 1 aromatic carbocycles. The summed E-state index contributed by atoms with van der Waals surface area (Å²) >= 11 is 0.